The van der Waals surface area contributed by atoms with Gasteiger partial charge in [-0.3, -0.25) is 0 Å². The molecular weight excluding hydrogens is 266 g/mol. The van der Waals surface area contributed by atoms with E-state index in [0.29, 0.717) is 6.04 Å². The first kappa shape index (κ1) is 15.7. The van der Waals surface area contributed by atoms with Crippen molar-refractivity contribution in [3.63, 3.8) is 0 Å². The molecule has 3 heteroatoms. The van der Waals surface area contributed by atoms with E-state index in [1.54, 1.807) is 0 Å². The fourth-order valence-electron chi connectivity index (χ4n) is 2.62. The minimum Gasteiger partial charge on any atom is -0.494 e. The molecule has 1 aliphatic heterocycles. The molecule has 0 aromatic heterocycles. The fourth-order valence-corrected chi connectivity index (χ4v) is 4.04. The van der Waals surface area contributed by atoms with E-state index < -0.39 is 0 Å². The van der Waals surface area contributed by atoms with Crippen LogP contribution in [0.1, 0.15) is 51.1 Å². The predicted molar refractivity (Wildman–Crippen MR) is 88.7 cm³/mol. The van der Waals surface area contributed by atoms with Crippen molar-refractivity contribution in [2.45, 2.75) is 50.8 Å². The Morgan fingerprint density at radius 2 is 2.05 bits per heavy atom. The predicted octanol–water partition coefficient (Wildman–Crippen LogP) is 4.41. The van der Waals surface area contributed by atoms with Crippen molar-refractivity contribution in [2.75, 3.05) is 18.9 Å². The van der Waals surface area contributed by atoms with E-state index in [1.165, 1.54) is 30.6 Å². The lowest BCUT2D eigenvalue weighted by atomic mass is 10.0. The van der Waals surface area contributed by atoms with Crippen LogP contribution in [0.3, 0.4) is 0 Å². The molecule has 0 saturated carbocycles. The van der Waals surface area contributed by atoms with Crippen LogP contribution in [0.15, 0.2) is 24.3 Å². The Labute approximate surface area is 127 Å². The normalized spacial score (nSPS) is 20.0. The molecule has 1 saturated heterocycles. The second-order valence-corrected chi connectivity index (χ2v) is 6.75. The first-order chi connectivity index (χ1) is 9.85. The van der Waals surface area contributed by atoms with Crippen molar-refractivity contribution in [1.82, 2.24) is 5.32 Å². The largest absolute Gasteiger partial charge is 0.494 e. The number of ether oxygens (including phenoxy) is 1. The maximum atomic E-state index is 5.67. The van der Waals surface area contributed by atoms with Gasteiger partial charge in [-0.05, 0) is 55.7 Å². The van der Waals surface area contributed by atoms with E-state index in [1.807, 2.05) is 0 Å². The lowest BCUT2D eigenvalue weighted by Crippen LogP contribution is -2.29. The summed E-state index contributed by atoms with van der Waals surface area (Å²) in [6.45, 7) is 6.26. The summed E-state index contributed by atoms with van der Waals surface area (Å²) in [6.07, 6.45) is 4.93. The molecule has 0 bridgehead atoms. The highest BCUT2D eigenvalue weighted by molar-refractivity contribution is 8.00. The third-order valence-corrected chi connectivity index (χ3v) is 5.12. The van der Waals surface area contributed by atoms with E-state index in [4.69, 9.17) is 4.74 Å². The zero-order valence-corrected chi connectivity index (χ0v) is 13.5. The first-order valence-corrected chi connectivity index (χ1v) is 8.97. The van der Waals surface area contributed by atoms with Crippen LogP contribution in [0.4, 0.5) is 0 Å². The summed E-state index contributed by atoms with van der Waals surface area (Å²) in [4.78, 5) is 0. The average Bonchev–Trinajstić information content (AvgIpc) is 3.01. The number of hydrogen-bond donors (Lipinski definition) is 1. The number of rotatable bonds is 8. The van der Waals surface area contributed by atoms with Gasteiger partial charge in [0, 0.05) is 11.3 Å². The molecule has 1 aromatic carbocycles. The minimum absolute atomic E-state index is 0.489. The summed E-state index contributed by atoms with van der Waals surface area (Å²) < 4.78 is 5.67. The molecule has 1 aromatic rings. The third kappa shape index (κ3) is 4.42. The van der Waals surface area contributed by atoms with Crippen molar-refractivity contribution < 1.29 is 4.74 Å². The van der Waals surface area contributed by atoms with Crippen molar-refractivity contribution >= 4 is 11.8 Å². The number of thioether (sulfide) groups is 1. The number of hydrogen-bond acceptors (Lipinski definition) is 3. The van der Waals surface area contributed by atoms with Crippen LogP contribution in [0.5, 0.6) is 5.75 Å². The summed E-state index contributed by atoms with van der Waals surface area (Å²) in [5, 5.41) is 4.45. The highest BCUT2D eigenvalue weighted by Crippen LogP contribution is 2.36. The molecule has 20 heavy (non-hydrogen) atoms. The minimum atomic E-state index is 0.489. The van der Waals surface area contributed by atoms with Gasteiger partial charge in [0.25, 0.3) is 0 Å². The lowest BCUT2D eigenvalue weighted by molar-refractivity contribution is 0.317. The van der Waals surface area contributed by atoms with E-state index in [2.05, 4.69) is 55.2 Å². The van der Waals surface area contributed by atoms with Gasteiger partial charge in [0.15, 0.2) is 0 Å². The Balaban J connectivity index is 2.03. The zero-order valence-electron chi connectivity index (χ0n) is 12.7. The smallest absolute Gasteiger partial charge is 0.119 e. The Hall–Kier alpha value is -0.670. The van der Waals surface area contributed by atoms with E-state index in [0.717, 1.165) is 30.6 Å². The molecule has 0 spiro atoms. The van der Waals surface area contributed by atoms with Crippen molar-refractivity contribution in [3.8, 4) is 5.75 Å². The molecule has 1 aliphatic rings. The highest BCUT2D eigenvalue weighted by atomic mass is 32.2. The molecule has 2 nitrogen and oxygen atoms in total. The van der Waals surface area contributed by atoms with E-state index in [9.17, 15) is 0 Å². The standard InChI is InChI=1S/C17H27NOS/c1-3-11-18-17(16-6-5-13-20-16)14-7-9-15(10-8-14)19-12-4-2/h7-10,16-18H,3-6,11-13H2,1-2H3. The molecule has 2 rings (SSSR count). The monoisotopic (exact) mass is 293 g/mol. The topological polar surface area (TPSA) is 21.3 Å². The van der Waals surface area contributed by atoms with Crippen molar-refractivity contribution in [1.29, 1.82) is 0 Å². The van der Waals surface area contributed by atoms with Crippen molar-refractivity contribution in [2.24, 2.45) is 0 Å². The molecule has 0 amide bonds. The molecule has 0 radical (unpaired) electrons. The molecule has 1 N–H and O–H groups in total. The summed E-state index contributed by atoms with van der Waals surface area (Å²) in [6, 6.07) is 9.19. The van der Waals surface area contributed by atoms with E-state index >= 15 is 0 Å². The second kappa shape index (κ2) is 8.58. The lowest BCUT2D eigenvalue weighted by Gasteiger charge is -2.25. The van der Waals surface area contributed by atoms with Crippen LogP contribution in [-0.2, 0) is 0 Å². The average molecular weight is 293 g/mol. The maximum absolute atomic E-state index is 5.67. The van der Waals surface area contributed by atoms with Crippen molar-refractivity contribution in [3.05, 3.63) is 29.8 Å². The van der Waals surface area contributed by atoms with E-state index in [-0.39, 0.29) is 0 Å². The van der Waals surface area contributed by atoms with Crippen LogP contribution in [0.2, 0.25) is 0 Å². The van der Waals surface area contributed by atoms with Gasteiger partial charge in [-0.15, -0.1) is 0 Å². The maximum Gasteiger partial charge on any atom is 0.119 e. The van der Waals surface area contributed by atoms with Gasteiger partial charge in [0.2, 0.25) is 0 Å². The summed E-state index contributed by atoms with van der Waals surface area (Å²) >= 11 is 2.12. The van der Waals surface area contributed by atoms with Gasteiger partial charge < -0.3 is 10.1 Å². The van der Waals surface area contributed by atoms with Gasteiger partial charge in [-0.2, -0.15) is 11.8 Å². The molecule has 2 unspecified atom stereocenters. The first-order valence-electron chi connectivity index (χ1n) is 7.93. The third-order valence-electron chi connectivity index (χ3n) is 3.66. The SMILES string of the molecule is CCCNC(c1ccc(OCCC)cc1)C1CCCS1. The molecule has 1 heterocycles. The molecule has 2 atom stereocenters. The highest BCUT2D eigenvalue weighted by Gasteiger charge is 2.26. The Kier molecular flexibility index (Phi) is 6.74. The Bertz CT molecular complexity index is 373. The Morgan fingerprint density at radius 3 is 2.65 bits per heavy atom. The molecule has 112 valence electrons. The van der Waals surface area contributed by atoms with Gasteiger partial charge in [-0.1, -0.05) is 26.0 Å². The molecule has 0 aliphatic carbocycles. The van der Waals surface area contributed by atoms with Crippen LogP contribution >= 0.6 is 11.8 Å². The molecular formula is C17H27NOS. The van der Waals surface area contributed by atoms with Gasteiger partial charge in [-0.25, -0.2) is 0 Å². The summed E-state index contributed by atoms with van der Waals surface area (Å²) in [5.41, 5.74) is 1.40. The quantitative estimate of drug-likeness (QED) is 0.767. The van der Waals surface area contributed by atoms with Gasteiger partial charge >= 0.3 is 0 Å². The fraction of sp³-hybridized carbons (Fsp3) is 0.647. The summed E-state index contributed by atoms with van der Waals surface area (Å²) in [7, 11) is 0. The second-order valence-electron chi connectivity index (χ2n) is 5.40. The van der Waals surface area contributed by atoms with Crippen LogP contribution in [0.25, 0.3) is 0 Å². The zero-order chi connectivity index (χ0) is 14.2. The number of nitrogens with one attached hydrogen (secondary N) is 1. The van der Waals surface area contributed by atoms with Gasteiger partial charge in [0.05, 0.1) is 6.61 Å². The molecule has 1 fully saturated rings. The Morgan fingerprint density at radius 1 is 1.25 bits per heavy atom. The summed E-state index contributed by atoms with van der Waals surface area (Å²) in [5.74, 6) is 2.30. The van der Waals surface area contributed by atoms with Crippen LogP contribution in [-0.4, -0.2) is 24.2 Å². The van der Waals surface area contributed by atoms with Crippen LogP contribution in [0, 0.1) is 0 Å². The van der Waals surface area contributed by atoms with Gasteiger partial charge in [0.1, 0.15) is 5.75 Å². The van der Waals surface area contributed by atoms with Crippen LogP contribution < -0.4 is 10.1 Å². The number of benzene rings is 1.